The molecular weight excluding hydrogens is 292 g/mol. The predicted molar refractivity (Wildman–Crippen MR) is 78.6 cm³/mol. The molecule has 0 atom stereocenters. The molecule has 0 aliphatic carbocycles. The van der Waals surface area contributed by atoms with E-state index < -0.39 is 6.09 Å². The Hall–Kier alpha value is -2.19. The molecule has 7 nitrogen and oxygen atoms in total. The van der Waals surface area contributed by atoms with Gasteiger partial charge in [-0.1, -0.05) is 11.3 Å². The number of morpholine rings is 1. The molecule has 0 bridgehead atoms. The van der Waals surface area contributed by atoms with E-state index in [9.17, 15) is 4.79 Å². The van der Waals surface area contributed by atoms with Crippen molar-refractivity contribution in [1.82, 2.24) is 9.97 Å². The quantitative estimate of drug-likeness (QED) is 0.924. The van der Waals surface area contributed by atoms with E-state index in [0.717, 1.165) is 37.7 Å². The Morgan fingerprint density at radius 1 is 1.38 bits per heavy atom. The molecule has 2 aromatic heterocycles. The highest BCUT2D eigenvalue weighted by atomic mass is 32.1. The van der Waals surface area contributed by atoms with Gasteiger partial charge in [0, 0.05) is 30.2 Å². The zero-order chi connectivity index (χ0) is 14.7. The van der Waals surface area contributed by atoms with Crippen molar-refractivity contribution >= 4 is 23.2 Å². The molecule has 0 unspecified atom stereocenters. The lowest BCUT2D eigenvalue weighted by Gasteiger charge is -2.27. The highest BCUT2D eigenvalue weighted by molar-refractivity contribution is 7.11. The number of anilines is 1. The van der Waals surface area contributed by atoms with Gasteiger partial charge in [-0.3, -0.25) is 0 Å². The Morgan fingerprint density at radius 3 is 2.86 bits per heavy atom. The van der Waals surface area contributed by atoms with Crippen LogP contribution >= 0.6 is 11.3 Å². The van der Waals surface area contributed by atoms with E-state index in [2.05, 4.69) is 14.9 Å². The van der Waals surface area contributed by atoms with Gasteiger partial charge in [-0.15, -0.1) is 0 Å². The summed E-state index contributed by atoms with van der Waals surface area (Å²) in [5, 5.41) is 2.03. The molecule has 0 saturated carbocycles. The molecule has 2 N–H and O–H groups in total. The Bertz CT molecular complexity index is 623. The summed E-state index contributed by atoms with van der Waals surface area (Å²) in [6.07, 6.45) is 0.894. The van der Waals surface area contributed by atoms with Gasteiger partial charge in [0.05, 0.1) is 18.9 Å². The van der Waals surface area contributed by atoms with Crippen LogP contribution in [-0.2, 0) is 4.74 Å². The van der Waals surface area contributed by atoms with Gasteiger partial charge in [-0.2, -0.15) is 0 Å². The van der Waals surface area contributed by atoms with Gasteiger partial charge in [-0.25, -0.2) is 14.8 Å². The van der Waals surface area contributed by atoms with Crippen LogP contribution in [0.2, 0.25) is 0 Å². The molecule has 110 valence electrons. The van der Waals surface area contributed by atoms with Crippen molar-refractivity contribution in [3.8, 4) is 16.5 Å². The number of amides is 1. The molecule has 0 radical (unpaired) electrons. The van der Waals surface area contributed by atoms with Crippen molar-refractivity contribution in [3.63, 3.8) is 0 Å². The first-order chi connectivity index (χ1) is 10.2. The maximum Gasteiger partial charge on any atom is 0.411 e. The minimum atomic E-state index is -0.864. The van der Waals surface area contributed by atoms with Crippen molar-refractivity contribution in [2.24, 2.45) is 5.73 Å². The van der Waals surface area contributed by atoms with Crippen molar-refractivity contribution in [3.05, 3.63) is 23.7 Å². The van der Waals surface area contributed by atoms with E-state index >= 15 is 0 Å². The number of carbonyl (C=O) groups is 1. The third kappa shape index (κ3) is 3.29. The molecule has 3 rings (SSSR count). The summed E-state index contributed by atoms with van der Waals surface area (Å²) in [6, 6.07) is 3.90. The Balaban J connectivity index is 1.74. The summed E-state index contributed by atoms with van der Waals surface area (Å²) in [5.41, 5.74) is 6.52. The van der Waals surface area contributed by atoms with Gasteiger partial charge in [0.15, 0.2) is 0 Å². The van der Waals surface area contributed by atoms with Crippen LogP contribution in [0.1, 0.15) is 0 Å². The van der Waals surface area contributed by atoms with Crippen LogP contribution in [0.15, 0.2) is 23.7 Å². The van der Waals surface area contributed by atoms with Crippen LogP contribution in [0.3, 0.4) is 0 Å². The second kappa shape index (κ2) is 6.06. The molecule has 1 amide bonds. The molecule has 0 aromatic carbocycles. The fourth-order valence-electron chi connectivity index (χ4n) is 2.04. The van der Waals surface area contributed by atoms with Crippen molar-refractivity contribution in [1.29, 1.82) is 0 Å². The molecule has 21 heavy (non-hydrogen) atoms. The predicted octanol–water partition coefficient (Wildman–Crippen LogP) is 1.50. The fraction of sp³-hybridized carbons (Fsp3) is 0.308. The molecule has 2 aromatic rings. The minimum absolute atomic E-state index is 0.231. The van der Waals surface area contributed by atoms with Gasteiger partial charge < -0.3 is 20.1 Å². The van der Waals surface area contributed by atoms with Gasteiger partial charge in [-0.05, 0) is 12.1 Å². The monoisotopic (exact) mass is 306 g/mol. The number of pyridine rings is 1. The number of nitrogens with two attached hydrogens (primary N) is 1. The van der Waals surface area contributed by atoms with Crippen LogP contribution in [0.4, 0.5) is 10.6 Å². The summed E-state index contributed by atoms with van der Waals surface area (Å²) in [5.74, 6) is 0.922. The molecule has 1 aliphatic rings. The standard InChI is InChI=1S/C13H14N4O3S/c14-12(18)20-13-16-10(8-21-13)9-1-2-11(15-7-9)17-3-5-19-6-4-17/h1-2,7-8H,3-6H2,(H2,14,18). The maximum absolute atomic E-state index is 10.7. The summed E-state index contributed by atoms with van der Waals surface area (Å²) in [6.45, 7) is 3.14. The molecule has 1 fully saturated rings. The Morgan fingerprint density at radius 2 is 2.19 bits per heavy atom. The molecule has 1 saturated heterocycles. The van der Waals surface area contributed by atoms with E-state index in [-0.39, 0.29) is 5.19 Å². The molecule has 0 spiro atoms. The van der Waals surface area contributed by atoms with Gasteiger partial charge in [0.2, 0.25) is 0 Å². The second-order valence-electron chi connectivity index (χ2n) is 4.42. The van der Waals surface area contributed by atoms with Crippen LogP contribution < -0.4 is 15.4 Å². The number of hydrogen-bond donors (Lipinski definition) is 1. The number of rotatable bonds is 3. The smallest absolute Gasteiger partial charge is 0.381 e. The summed E-state index contributed by atoms with van der Waals surface area (Å²) >= 11 is 1.22. The Kier molecular flexibility index (Phi) is 3.98. The lowest BCUT2D eigenvalue weighted by molar-refractivity contribution is 0.122. The van der Waals surface area contributed by atoms with Gasteiger partial charge in [0.1, 0.15) is 5.82 Å². The largest absolute Gasteiger partial charge is 0.411 e. The number of primary amides is 1. The van der Waals surface area contributed by atoms with E-state index in [4.69, 9.17) is 15.2 Å². The SMILES string of the molecule is NC(=O)Oc1nc(-c2ccc(N3CCOCC3)nc2)cs1. The minimum Gasteiger partial charge on any atom is -0.381 e. The van der Waals surface area contributed by atoms with Crippen LogP contribution in [0.5, 0.6) is 5.19 Å². The maximum atomic E-state index is 10.7. The zero-order valence-corrected chi connectivity index (χ0v) is 12.0. The highest BCUT2D eigenvalue weighted by Crippen LogP contribution is 2.27. The number of hydrogen-bond acceptors (Lipinski definition) is 7. The first-order valence-corrected chi connectivity index (χ1v) is 7.32. The lowest BCUT2D eigenvalue weighted by Crippen LogP contribution is -2.36. The summed E-state index contributed by atoms with van der Waals surface area (Å²) in [4.78, 5) is 21.5. The van der Waals surface area contributed by atoms with Crippen LogP contribution in [0, 0.1) is 0 Å². The second-order valence-corrected chi connectivity index (χ2v) is 5.24. The average Bonchev–Trinajstić information content (AvgIpc) is 2.96. The summed E-state index contributed by atoms with van der Waals surface area (Å²) in [7, 11) is 0. The number of nitrogens with zero attached hydrogens (tertiary/aromatic N) is 3. The first kappa shape index (κ1) is 13.8. The lowest BCUT2D eigenvalue weighted by atomic mass is 10.2. The van der Waals surface area contributed by atoms with E-state index in [1.54, 1.807) is 11.6 Å². The molecule has 3 heterocycles. The van der Waals surface area contributed by atoms with Crippen LogP contribution in [0.25, 0.3) is 11.3 Å². The van der Waals surface area contributed by atoms with E-state index in [1.165, 1.54) is 11.3 Å². The molecule has 1 aliphatic heterocycles. The number of ether oxygens (including phenoxy) is 2. The first-order valence-electron chi connectivity index (χ1n) is 6.44. The molecular formula is C13H14N4O3S. The topological polar surface area (TPSA) is 90.6 Å². The Labute approximate surface area is 125 Å². The zero-order valence-electron chi connectivity index (χ0n) is 11.2. The number of aromatic nitrogens is 2. The van der Waals surface area contributed by atoms with Crippen molar-refractivity contribution in [2.45, 2.75) is 0 Å². The van der Waals surface area contributed by atoms with Crippen molar-refractivity contribution < 1.29 is 14.3 Å². The normalized spacial score (nSPS) is 15.0. The van der Waals surface area contributed by atoms with E-state index in [0.29, 0.717) is 5.69 Å². The summed E-state index contributed by atoms with van der Waals surface area (Å²) < 4.78 is 10.1. The van der Waals surface area contributed by atoms with Gasteiger partial charge in [0.25, 0.3) is 5.19 Å². The average molecular weight is 306 g/mol. The number of carbonyl (C=O) groups excluding carboxylic acids is 1. The third-order valence-electron chi connectivity index (χ3n) is 3.05. The van der Waals surface area contributed by atoms with Gasteiger partial charge >= 0.3 is 6.09 Å². The fourth-order valence-corrected chi connectivity index (χ4v) is 2.72. The van der Waals surface area contributed by atoms with Crippen molar-refractivity contribution in [2.75, 3.05) is 31.2 Å². The highest BCUT2D eigenvalue weighted by Gasteiger charge is 2.13. The number of thiazole rings is 1. The van der Waals surface area contributed by atoms with Crippen LogP contribution in [-0.4, -0.2) is 42.4 Å². The van der Waals surface area contributed by atoms with E-state index in [1.807, 2.05) is 12.1 Å². The third-order valence-corrected chi connectivity index (χ3v) is 3.77. The molecule has 8 heteroatoms.